The Balaban J connectivity index is 2.21. The van der Waals surface area contributed by atoms with E-state index in [0.29, 0.717) is 19.3 Å². The highest BCUT2D eigenvalue weighted by Crippen LogP contribution is 2.31. The van der Waals surface area contributed by atoms with E-state index in [1.165, 1.54) is 6.08 Å². The van der Waals surface area contributed by atoms with Crippen molar-refractivity contribution in [3.05, 3.63) is 72.9 Å². The second-order valence-corrected chi connectivity index (χ2v) is 10.2. The maximum atomic E-state index is 12.9. The molecular formula is C30H44O6. The predicted octanol–water partition coefficient (Wildman–Crippen LogP) is 4.73. The van der Waals surface area contributed by atoms with Crippen molar-refractivity contribution in [2.24, 2.45) is 11.8 Å². The summed E-state index contributed by atoms with van der Waals surface area (Å²) in [6.45, 7) is 13.7. The minimum absolute atomic E-state index is 0.0244. The largest absolute Gasteiger partial charge is 0.459 e. The fourth-order valence-electron chi connectivity index (χ4n) is 4.43. The van der Waals surface area contributed by atoms with Crippen LogP contribution in [0.3, 0.4) is 0 Å². The summed E-state index contributed by atoms with van der Waals surface area (Å²) < 4.78 is 12.0. The van der Waals surface area contributed by atoms with E-state index in [0.717, 1.165) is 30.4 Å². The van der Waals surface area contributed by atoms with Crippen molar-refractivity contribution in [2.45, 2.75) is 95.9 Å². The van der Waals surface area contributed by atoms with Gasteiger partial charge in [-0.05, 0) is 58.3 Å². The molecule has 3 N–H and O–H groups in total. The van der Waals surface area contributed by atoms with Crippen LogP contribution in [0.5, 0.6) is 0 Å². The van der Waals surface area contributed by atoms with Crippen molar-refractivity contribution < 1.29 is 29.6 Å². The van der Waals surface area contributed by atoms with Gasteiger partial charge in [-0.15, -0.1) is 0 Å². The van der Waals surface area contributed by atoms with E-state index in [9.17, 15) is 20.1 Å². The maximum Gasteiger partial charge on any atom is 0.312 e. The molecule has 8 atom stereocenters. The molecular weight excluding hydrogens is 456 g/mol. The number of esters is 1. The Morgan fingerprint density at radius 2 is 1.81 bits per heavy atom. The van der Waals surface area contributed by atoms with Gasteiger partial charge in [0.1, 0.15) is 24.4 Å². The van der Waals surface area contributed by atoms with Crippen molar-refractivity contribution in [3.63, 3.8) is 0 Å². The van der Waals surface area contributed by atoms with Gasteiger partial charge in [-0.1, -0.05) is 79.8 Å². The predicted molar refractivity (Wildman–Crippen MR) is 143 cm³/mol. The minimum atomic E-state index is -1.04. The molecule has 2 bridgehead atoms. The van der Waals surface area contributed by atoms with Crippen molar-refractivity contribution in [3.8, 4) is 0 Å². The molecule has 2 aliphatic rings. The number of allylic oxidation sites excluding steroid dienone is 7. The Kier molecular flexibility index (Phi) is 12.6. The number of rotatable bonds is 6. The van der Waals surface area contributed by atoms with Gasteiger partial charge in [0, 0.05) is 0 Å². The van der Waals surface area contributed by atoms with E-state index in [1.807, 2.05) is 32.1 Å². The molecule has 6 nitrogen and oxygen atoms in total. The Morgan fingerprint density at radius 3 is 2.53 bits per heavy atom. The first-order chi connectivity index (χ1) is 17.1. The second-order valence-electron chi connectivity index (χ2n) is 10.2. The Morgan fingerprint density at radius 1 is 1.11 bits per heavy atom. The lowest BCUT2D eigenvalue weighted by Gasteiger charge is -2.32. The highest BCUT2D eigenvalue weighted by Gasteiger charge is 2.39. The third-order valence-corrected chi connectivity index (χ3v) is 6.60. The van der Waals surface area contributed by atoms with Crippen LogP contribution >= 0.6 is 0 Å². The molecule has 0 unspecified atom stereocenters. The van der Waals surface area contributed by atoms with Gasteiger partial charge in [-0.3, -0.25) is 4.79 Å². The number of aliphatic hydroxyl groups is 3. The summed E-state index contributed by atoms with van der Waals surface area (Å²) >= 11 is 0. The molecule has 36 heavy (non-hydrogen) atoms. The molecule has 0 aliphatic carbocycles. The van der Waals surface area contributed by atoms with E-state index in [-0.39, 0.29) is 12.0 Å². The van der Waals surface area contributed by atoms with Crippen LogP contribution in [0.2, 0.25) is 0 Å². The summed E-state index contributed by atoms with van der Waals surface area (Å²) in [6, 6.07) is 0. The van der Waals surface area contributed by atoms with Gasteiger partial charge < -0.3 is 24.8 Å². The third-order valence-electron chi connectivity index (χ3n) is 6.60. The normalized spacial score (nSPS) is 35.8. The molecule has 2 rings (SSSR count). The molecule has 0 radical (unpaired) electrons. The van der Waals surface area contributed by atoms with Crippen molar-refractivity contribution in [2.75, 3.05) is 0 Å². The summed E-state index contributed by atoms with van der Waals surface area (Å²) in [5.74, 6) is -1.18. The fourth-order valence-corrected chi connectivity index (χ4v) is 4.43. The van der Waals surface area contributed by atoms with Crippen LogP contribution in [-0.4, -0.2) is 57.9 Å². The van der Waals surface area contributed by atoms with E-state index in [4.69, 9.17) is 9.47 Å². The molecule has 0 aromatic heterocycles. The molecule has 6 heteroatoms. The van der Waals surface area contributed by atoms with E-state index >= 15 is 0 Å². The van der Waals surface area contributed by atoms with Crippen LogP contribution in [0, 0.1) is 11.8 Å². The number of hydrogen-bond acceptors (Lipinski definition) is 6. The van der Waals surface area contributed by atoms with Crippen LogP contribution in [0.4, 0.5) is 0 Å². The summed E-state index contributed by atoms with van der Waals surface area (Å²) in [4.78, 5) is 12.9. The molecule has 0 aromatic rings. The molecule has 200 valence electrons. The van der Waals surface area contributed by atoms with Gasteiger partial charge in [0.25, 0.3) is 0 Å². The monoisotopic (exact) mass is 500 g/mol. The van der Waals surface area contributed by atoms with E-state index in [2.05, 4.69) is 13.2 Å². The first-order valence-electron chi connectivity index (χ1n) is 13.0. The molecule has 1 saturated heterocycles. The summed E-state index contributed by atoms with van der Waals surface area (Å²) in [7, 11) is 0. The summed E-state index contributed by atoms with van der Waals surface area (Å²) in [6.07, 6.45) is 13.8. The average Bonchev–Trinajstić information content (AvgIpc) is 3.30. The zero-order valence-corrected chi connectivity index (χ0v) is 22.0. The van der Waals surface area contributed by atoms with Crippen LogP contribution in [0.1, 0.15) is 59.3 Å². The molecule has 0 spiro atoms. The number of ether oxygens (including phenoxy) is 2. The second kappa shape index (κ2) is 15.1. The number of hydrogen-bond donors (Lipinski definition) is 3. The molecule has 0 amide bonds. The molecule has 0 saturated carbocycles. The van der Waals surface area contributed by atoms with Crippen LogP contribution in [0.15, 0.2) is 72.9 Å². The van der Waals surface area contributed by atoms with E-state index in [1.54, 1.807) is 31.2 Å². The van der Waals surface area contributed by atoms with E-state index < -0.39 is 42.4 Å². The van der Waals surface area contributed by atoms with Gasteiger partial charge in [0.05, 0.1) is 18.1 Å². The lowest BCUT2D eigenvalue weighted by molar-refractivity contribution is -0.170. The number of cyclic esters (lactones) is 1. The standard InChI is InChI=1S/C30H44O6/c1-20(2)11-10-12-21(3)19-23(5)29-28(33)27-18-17-24(35-27)14-7-9-16-26(32)25(31)15-8-6-13-22(4)30(34)36-29/h6,8-10,12-13,15-16,22-29,31-33H,1,3,7,11,14,17-19H2,2,4-5H3/b12-10+,13-6-,15-8-,16-9-/t22-,23-,24+,25-,26-,27+,28-,29-/m1/s1. The molecule has 2 aliphatic heterocycles. The van der Waals surface area contributed by atoms with Gasteiger partial charge in [-0.25, -0.2) is 0 Å². The zero-order chi connectivity index (χ0) is 26.7. The summed E-state index contributed by atoms with van der Waals surface area (Å²) in [5, 5.41) is 31.5. The van der Waals surface area contributed by atoms with Crippen LogP contribution in [0.25, 0.3) is 0 Å². The van der Waals surface area contributed by atoms with Gasteiger partial charge in [-0.2, -0.15) is 0 Å². The lowest BCUT2D eigenvalue weighted by Crippen LogP contribution is -2.44. The van der Waals surface area contributed by atoms with Crippen LogP contribution in [-0.2, 0) is 14.3 Å². The summed E-state index contributed by atoms with van der Waals surface area (Å²) in [5.41, 5.74) is 1.95. The highest BCUT2D eigenvalue weighted by atomic mass is 16.6. The molecule has 0 aromatic carbocycles. The molecule has 1 fully saturated rings. The molecule has 2 heterocycles. The van der Waals surface area contributed by atoms with Crippen molar-refractivity contribution >= 4 is 5.97 Å². The SMILES string of the molecule is C=C(C)C/C=C/C(=C)C[C@@H](C)[C@H]1OC(=O)[C@H](C)/C=C\C=C/[C@@H](O)[C@H](O)/C=C\CC[C@H]2CC[C@H](O2)[C@H]1O. The Labute approximate surface area is 216 Å². The quantitative estimate of drug-likeness (QED) is 0.277. The maximum absolute atomic E-state index is 12.9. The average molecular weight is 501 g/mol. The van der Waals surface area contributed by atoms with Gasteiger partial charge >= 0.3 is 5.97 Å². The number of carbonyl (C=O) groups excluding carboxylic acids is 1. The van der Waals surface area contributed by atoms with Crippen molar-refractivity contribution in [1.29, 1.82) is 0 Å². The van der Waals surface area contributed by atoms with Crippen LogP contribution < -0.4 is 0 Å². The first kappa shape index (κ1) is 30.0. The number of aliphatic hydroxyl groups excluding tert-OH is 3. The first-order valence-corrected chi connectivity index (χ1v) is 13.0. The minimum Gasteiger partial charge on any atom is -0.459 e. The Hall–Kier alpha value is -2.25. The topological polar surface area (TPSA) is 96.2 Å². The smallest absolute Gasteiger partial charge is 0.312 e. The lowest BCUT2D eigenvalue weighted by atomic mass is 9.89. The number of fused-ring (bicyclic) bond motifs is 2. The fraction of sp³-hybridized carbons (Fsp3) is 0.567. The van der Waals surface area contributed by atoms with Gasteiger partial charge in [0.15, 0.2) is 0 Å². The van der Waals surface area contributed by atoms with Crippen molar-refractivity contribution in [1.82, 2.24) is 0 Å². The highest BCUT2D eigenvalue weighted by molar-refractivity contribution is 5.74. The number of carbonyl (C=O) groups is 1. The zero-order valence-electron chi connectivity index (χ0n) is 22.0. The third kappa shape index (κ3) is 10.0. The van der Waals surface area contributed by atoms with Gasteiger partial charge in [0.2, 0.25) is 0 Å². The Bertz CT molecular complexity index is 854.